The van der Waals surface area contributed by atoms with Crippen molar-refractivity contribution in [2.45, 2.75) is 6.42 Å². The van der Waals surface area contributed by atoms with Gasteiger partial charge in [-0.3, -0.25) is 10.1 Å². The molecule has 0 bridgehead atoms. The molecule has 170 valence electrons. The summed E-state index contributed by atoms with van der Waals surface area (Å²) in [6, 6.07) is 10.4. The van der Waals surface area contributed by atoms with Crippen molar-refractivity contribution in [1.82, 2.24) is 25.1 Å². The van der Waals surface area contributed by atoms with Crippen molar-refractivity contribution in [3.05, 3.63) is 84.4 Å². The van der Waals surface area contributed by atoms with Crippen molar-refractivity contribution in [1.29, 1.82) is 0 Å². The number of halogens is 2. The SMILES string of the molecule is CNc1nc(-c2cccnc2)nc2c(OCCc3cn[nH]c3)cc(-c3cc(F)ccc3F)cc12. The van der Waals surface area contributed by atoms with Gasteiger partial charge in [-0.25, -0.2) is 18.7 Å². The van der Waals surface area contributed by atoms with Gasteiger partial charge in [0, 0.05) is 48.6 Å². The molecule has 3 heterocycles. The van der Waals surface area contributed by atoms with Crippen LogP contribution in [-0.4, -0.2) is 38.8 Å². The van der Waals surface area contributed by atoms with Gasteiger partial charge in [0.1, 0.15) is 28.7 Å². The van der Waals surface area contributed by atoms with Gasteiger partial charge >= 0.3 is 0 Å². The molecule has 0 radical (unpaired) electrons. The minimum absolute atomic E-state index is 0.125. The quantitative estimate of drug-likeness (QED) is 0.356. The second kappa shape index (κ2) is 9.22. The van der Waals surface area contributed by atoms with Crippen LogP contribution in [0.4, 0.5) is 14.6 Å². The summed E-state index contributed by atoms with van der Waals surface area (Å²) in [5, 5.41) is 10.4. The highest BCUT2D eigenvalue weighted by Gasteiger charge is 2.17. The Labute approximate surface area is 193 Å². The third kappa shape index (κ3) is 4.27. The van der Waals surface area contributed by atoms with Crippen molar-refractivity contribution in [3.63, 3.8) is 0 Å². The number of pyridine rings is 1. The number of anilines is 1. The number of nitrogens with zero attached hydrogens (tertiary/aromatic N) is 4. The molecule has 9 heteroatoms. The van der Waals surface area contributed by atoms with E-state index < -0.39 is 11.6 Å². The lowest BCUT2D eigenvalue weighted by molar-refractivity contribution is 0.325. The monoisotopic (exact) mass is 458 g/mol. The largest absolute Gasteiger partial charge is 0.491 e. The molecule has 0 aliphatic rings. The number of aromatic amines is 1. The van der Waals surface area contributed by atoms with E-state index in [4.69, 9.17) is 9.72 Å². The van der Waals surface area contributed by atoms with E-state index in [1.165, 1.54) is 0 Å². The molecule has 2 aromatic carbocycles. The molecule has 7 nitrogen and oxygen atoms in total. The van der Waals surface area contributed by atoms with Crippen LogP contribution in [0.1, 0.15) is 5.56 Å². The number of hydrogen-bond donors (Lipinski definition) is 2. The molecule has 0 atom stereocenters. The summed E-state index contributed by atoms with van der Waals surface area (Å²) in [5.41, 5.74) is 2.85. The Morgan fingerprint density at radius 2 is 1.94 bits per heavy atom. The molecule has 2 N–H and O–H groups in total. The summed E-state index contributed by atoms with van der Waals surface area (Å²) in [6.07, 6.45) is 7.48. The van der Waals surface area contributed by atoms with Gasteiger partial charge in [0.2, 0.25) is 0 Å². The van der Waals surface area contributed by atoms with Crippen LogP contribution in [0.25, 0.3) is 33.4 Å². The molecule has 5 rings (SSSR count). The molecule has 0 spiro atoms. The molecule has 34 heavy (non-hydrogen) atoms. The second-order valence-corrected chi connectivity index (χ2v) is 7.59. The first-order valence-electron chi connectivity index (χ1n) is 10.6. The molecule has 0 unspecified atom stereocenters. The lowest BCUT2D eigenvalue weighted by Gasteiger charge is -2.15. The Bertz CT molecular complexity index is 1440. The van der Waals surface area contributed by atoms with Crippen LogP contribution in [0.5, 0.6) is 5.75 Å². The average molecular weight is 458 g/mol. The maximum Gasteiger partial charge on any atom is 0.163 e. The molecule has 0 saturated heterocycles. The molecule has 0 aliphatic carbocycles. The molecule has 0 saturated carbocycles. The zero-order chi connectivity index (χ0) is 23.5. The van der Waals surface area contributed by atoms with E-state index in [2.05, 4.69) is 25.5 Å². The fourth-order valence-electron chi connectivity index (χ4n) is 3.69. The Morgan fingerprint density at radius 3 is 2.71 bits per heavy atom. The number of hydrogen-bond acceptors (Lipinski definition) is 6. The summed E-state index contributed by atoms with van der Waals surface area (Å²) in [4.78, 5) is 13.5. The van der Waals surface area contributed by atoms with E-state index in [-0.39, 0.29) is 5.56 Å². The first-order chi connectivity index (χ1) is 16.6. The Morgan fingerprint density at radius 1 is 1.03 bits per heavy atom. The number of ether oxygens (including phenoxy) is 1. The minimum atomic E-state index is -0.538. The van der Waals surface area contributed by atoms with Crippen LogP contribution in [0.3, 0.4) is 0 Å². The van der Waals surface area contributed by atoms with Gasteiger partial charge in [0.05, 0.1) is 12.8 Å². The van der Waals surface area contributed by atoms with Gasteiger partial charge in [-0.15, -0.1) is 0 Å². The number of rotatable bonds is 7. The summed E-state index contributed by atoms with van der Waals surface area (Å²) in [6.45, 7) is 0.338. The summed E-state index contributed by atoms with van der Waals surface area (Å²) in [5.74, 6) is 0.361. The predicted octanol–water partition coefficient (Wildman–Crippen LogP) is 5.02. The number of benzene rings is 2. The van der Waals surface area contributed by atoms with E-state index in [0.717, 1.165) is 29.3 Å². The standard InChI is InChI=1S/C25H20F2N6O/c1-28-25-20-9-17(19-11-18(26)4-5-21(19)27)10-22(34-8-6-15-12-30-31-13-15)23(20)32-24(33-25)16-3-2-7-29-14-16/h2-5,7,9-14H,6,8H2,1H3,(H,30,31)(H,28,32,33). The van der Waals surface area contributed by atoms with Crippen LogP contribution in [-0.2, 0) is 6.42 Å². The van der Waals surface area contributed by atoms with Crippen LogP contribution in [0.15, 0.2) is 67.3 Å². The van der Waals surface area contributed by atoms with Gasteiger partial charge < -0.3 is 10.1 Å². The van der Waals surface area contributed by atoms with Gasteiger partial charge in [-0.1, -0.05) is 0 Å². The topological polar surface area (TPSA) is 88.6 Å². The normalized spacial score (nSPS) is 11.0. The second-order valence-electron chi connectivity index (χ2n) is 7.59. The number of nitrogens with one attached hydrogen (secondary N) is 2. The molecular formula is C25H20F2N6O. The Hall–Kier alpha value is -4.40. The Kier molecular flexibility index (Phi) is 5.82. The maximum absolute atomic E-state index is 14.6. The van der Waals surface area contributed by atoms with E-state index in [9.17, 15) is 8.78 Å². The molecular weight excluding hydrogens is 438 g/mol. The Balaban J connectivity index is 1.67. The summed E-state index contributed by atoms with van der Waals surface area (Å²) >= 11 is 0. The van der Waals surface area contributed by atoms with E-state index in [1.54, 1.807) is 50.0 Å². The zero-order valence-corrected chi connectivity index (χ0v) is 18.2. The summed E-state index contributed by atoms with van der Waals surface area (Å²) in [7, 11) is 1.74. The highest BCUT2D eigenvalue weighted by Crippen LogP contribution is 2.37. The molecule has 0 amide bonds. The van der Waals surface area contributed by atoms with Crippen molar-refractivity contribution in [2.75, 3.05) is 19.0 Å². The molecule has 0 aliphatic heterocycles. The fourth-order valence-corrected chi connectivity index (χ4v) is 3.69. The third-order valence-corrected chi connectivity index (χ3v) is 5.36. The third-order valence-electron chi connectivity index (χ3n) is 5.36. The number of aromatic nitrogens is 5. The van der Waals surface area contributed by atoms with E-state index >= 15 is 0 Å². The van der Waals surface area contributed by atoms with Gasteiger partial charge in [-0.2, -0.15) is 5.10 Å². The first kappa shape index (κ1) is 21.4. The van der Waals surface area contributed by atoms with Crippen LogP contribution in [0.2, 0.25) is 0 Å². The highest BCUT2D eigenvalue weighted by molar-refractivity contribution is 5.97. The van der Waals surface area contributed by atoms with E-state index in [1.807, 2.05) is 6.07 Å². The van der Waals surface area contributed by atoms with E-state index in [0.29, 0.717) is 46.9 Å². The van der Waals surface area contributed by atoms with Crippen molar-refractivity contribution in [2.24, 2.45) is 0 Å². The summed E-state index contributed by atoms with van der Waals surface area (Å²) < 4.78 is 34.7. The molecule has 5 aromatic rings. The highest BCUT2D eigenvalue weighted by atomic mass is 19.1. The van der Waals surface area contributed by atoms with Crippen molar-refractivity contribution in [3.8, 4) is 28.3 Å². The number of fused-ring (bicyclic) bond motifs is 1. The van der Waals surface area contributed by atoms with Gasteiger partial charge in [-0.05, 0) is 53.6 Å². The van der Waals surface area contributed by atoms with Crippen LogP contribution < -0.4 is 10.1 Å². The average Bonchev–Trinajstić information content (AvgIpc) is 3.39. The minimum Gasteiger partial charge on any atom is -0.491 e. The van der Waals surface area contributed by atoms with Crippen molar-refractivity contribution >= 4 is 16.7 Å². The van der Waals surface area contributed by atoms with Crippen LogP contribution >= 0.6 is 0 Å². The predicted molar refractivity (Wildman–Crippen MR) is 125 cm³/mol. The smallest absolute Gasteiger partial charge is 0.163 e. The lowest BCUT2D eigenvalue weighted by Crippen LogP contribution is -2.05. The van der Waals surface area contributed by atoms with Crippen LogP contribution in [0, 0.1) is 11.6 Å². The van der Waals surface area contributed by atoms with Gasteiger partial charge in [0.15, 0.2) is 5.82 Å². The molecule has 0 fully saturated rings. The molecule has 3 aromatic heterocycles. The van der Waals surface area contributed by atoms with Crippen molar-refractivity contribution < 1.29 is 13.5 Å². The zero-order valence-electron chi connectivity index (χ0n) is 18.2. The fraction of sp³-hybridized carbons (Fsp3) is 0.120. The lowest BCUT2D eigenvalue weighted by atomic mass is 10.0. The number of H-pyrrole nitrogens is 1. The maximum atomic E-state index is 14.6. The first-order valence-corrected chi connectivity index (χ1v) is 10.6. The van der Waals surface area contributed by atoms with Gasteiger partial charge in [0.25, 0.3) is 0 Å².